The summed E-state index contributed by atoms with van der Waals surface area (Å²) < 4.78 is 38.2. The second-order valence-corrected chi connectivity index (χ2v) is 3.73. The number of nitrogens with one attached hydrogen (secondary N) is 1. The van der Waals surface area contributed by atoms with E-state index in [1.165, 1.54) is 0 Å². The average molecular weight is 230 g/mol. The first-order valence-corrected chi connectivity index (χ1v) is 4.70. The third-order valence-corrected chi connectivity index (χ3v) is 2.40. The summed E-state index contributed by atoms with van der Waals surface area (Å²) in [6, 6.07) is 1.03. The van der Waals surface area contributed by atoms with Crippen LogP contribution in [0.1, 0.15) is 16.8 Å². The van der Waals surface area contributed by atoms with E-state index in [-0.39, 0.29) is 17.6 Å². The van der Waals surface area contributed by atoms with Crippen molar-refractivity contribution in [2.24, 2.45) is 5.73 Å². The standard InChI is InChI=1S/C10H9F3N2O/c11-5-1-4(2-6(12)9(5)13)10(16)15-8-3-7(8)14/h1-2,7-8H,3,14H2,(H,15,16). The molecule has 16 heavy (non-hydrogen) atoms. The molecule has 2 rings (SSSR count). The van der Waals surface area contributed by atoms with E-state index < -0.39 is 23.4 Å². The van der Waals surface area contributed by atoms with Crippen molar-refractivity contribution in [3.05, 3.63) is 35.1 Å². The molecule has 0 saturated heterocycles. The fourth-order valence-corrected chi connectivity index (χ4v) is 1.32. The van der Waals surface area contributed by atoms with Crippen molar-refractivity contribution in [2.75, 3.05) is 0 Å². The van der Waals surface area contributed by atoms with Crippen LogP contribution < -0.4 is 11.1 Å². The number of nitrogens with two attached hydrogens (primary N) is 1. The van der Waals surface area contributed by atoms with Crippen LogP contribution in [-0.4, -0.2) is 18.0 Å². The SMILES string of the molecule is NC1CC1NC(=O)c1cc(F)c(F)c(F)c1. The molecule has 0 aromatic heterocycles. The number of hydrogen-bond acceptors (Lipinski definition) is 2. The Kier molecular flexibility index (Phi) is 2.59. The van der Waals surface area contributed by atoms with Gasteiger partial charge in [0.15, 0.2) is 17.5 Å². The maximum atomic E-state index is 12.8. The summed E-state index contributed by atoms with van der Waals surface area (Å²) in [4.78, 5) is 11.4. The molecule has 0 spiro atoms. The van der Waals surface area contributed by atoms with Crippen molar-refractivity contribution >= 4 is 5.91 Å². The van der Waals surface area contributed by atoms with Gasteiger partial charge in [-0.3, -0.25) is 4.79 Å². The lowest BCUT2D eigenvalue weighted by atomic mass is 10.2. The molecule has 0 bridgehead atoms. The number of rotatable bonds is 2. The van der Waals surface area contributed by atoms with E-state index in [2.05, 4.69) is 5.32 Å². The summed E-state index contributed by atoms with van der Waals surface area (Å²) in [6.45, 7) is 0. The van der Waals surface area contributed by atoms with Crippen LogP contribution in [0.3, 0.4) is 0 Å². The van der Waals surface area contributed by atoms with E-state index in [0.29, 0.717) is 18.6 Å². The molecule has 2 atom stereocenters. The Morgan fingerprint density at radius 1 is 1.31 bits per heavy atom. The molecule has 0 heterocycles. The number of carbonyl (C=O) groups excluding carboxylic acids is 1. The highest BCUT2D eigenvalue weighted by Gasteiger charge is 2.35. The first-order chi connectivity index (χ1) is 7.49. The lowest BCUT2D eigenvalue weighted by Gasteiger charge is -2.04. The molecule has 3 N–H and O–H groups in total. The molecule has 6 heteroatoms. The Bertz CT molecular complexity index is 427. The number of carbonyl (C=O) groups is 1. The topological polar surface area (TPSA) is 55.1 Å². The van der Waals surface area contributed by atoms with Crippen LogP contribution >= 0.6 is 0 Å². The molecule has 1 amide bonds. The Morgan fingerprint density at radius 3 is 2.25 bits per heavy atom. The normalized spacial score (nSPS) is 23.0. The van der Waals surface area contributed by atoms with Crippen LogP contribution in [0, 0.1) is 17.5 Å². The van der Waals surface area contributed by atoms with Crippen molar-refractivity contribution in [3.8, 4) is 0 Å². The molecule has 0 aliphatic heterocycles. The highest BCUT2D eigenvalue weighted by atomic mass is 19.2. The van der Waals surface area contributed by atoms with E-state index in [1.807, 2.05) is 0 Å². The van der Waals surface area contributed by atoms with Gasteiger partial charge in [0.05, 0.1) is 0 Å². The van der Waals surface area contributed by atoms with Gasteiger partial charge in [-0.1, -0.05) is 0 Å². The third kappa shape index (κ3) is 2.01. The third-order valence-electron chi connectivity index (χ3n) is 2.40. The van der Waals surface area contributed by atoms with E-state index in [4.69, 9.17) is 5.73 Å². The minimum absolute atomic E-state index is 0.112. The lowest BCUT2D eigenvalue weighted by molar-refractivity contribution is 0.0949. The zero-order valence-electron chi connectivity index (χ0n) is 8.14. The molecule has 1 aliphatic carbocycles. The Balaban J connectivity index is 2.17. The van der Waals surface area contributed by atoms with Gasteiger partial charge in [0, 0.05) is 17.6 Å². The van der Waals surface area contributed by atoms with Crippen LogP contribution in [0.4, 0.5) is 13.2 Å². The van der Waals surface area contributed by atoms with Gasteiger partial charge in [-0.05, 0) is 18.6 Å². The summed E-state index contributed by atoms with van der Waals surface area (Å²) in [5.41, 5.74) is 5.20. The average Bonchev–Trinajstić information content (AvgIpc) is 2.90. The Morgan fingerprint density at radius 2 is 1.81 bits per heavy atom. The molecule has 1 aromatic rings. The van der Waals surface area contributed by atoms with E-state index >= 15 is 0 Å². The molecule has 86 valence electrons. The Labute approximate surface area is 89.4 Å². The molecular formula is C10H9F3N2O. The summed E-state index contributed by atoms with van der Waals surface area (Å²) >= 11 is 0. The van der Waals surface area contributed by atoms with E-state index in [1.54, 1.807) is 0 Å². The summed E-state index contributed by atoms with van der Waals surface area (Å²) in [5.74, 6) is -5.01. The number of hydrogen-bond donors (Lipinski definition) is 2. The van der Waals surface area contributed by atoms with Gasteiger partial charge in [-0.15, -0.1) is 0 Å². The smallest absolute Gasteiger partial charge is 0.251 e. The maximum absolute atomic E-state index is 12.8. The van der Waals surface area contributed by atoms with E-state index in [0.717, 1.165) is 0 Å². The van der Waals surface area contributed by atoms with Crippen molar-refractivity contribution in [3.63, 3.8) is 0 Å². The maximum Gasteiger partial charge on any atom is 0.251 e. The monoisotopic (exact) mass is 230 g/mol. The minimum Gasteiger partial charge on any atom is -0.348 e. The van der Waals surface area contributed by atoms with Crippen LogP contribution in [0.25, 0.3) is 0 Å². The molecule has 2 unspecified atom stereocenters. The van der Waals surface area contributed by atoms with Gasteiger partial charge in [-0.25, -0.2) is 13.2 Å². The molecule has 1 saturated carbocycles. The first kappa shape index (κ1) is 10.9. The number of benzene rings is 1. The zero-order valence-corrected chi connectivity index (χ0v) is 8.14. The van der Waals surface area contributed by atoms with Gasteiger partial charge < -0.3 is 11.1 Å². The predicted molar refractivity (Wildman–Crippen MR) is 50.2 cm³/mol. The van der Waals surface area contributed by atoms with Crippen LogP contribution in [-0.2, 0) is 0 Å². The quantitative estimate of drug-likeness (QED) is 0.743. The van der Waals surface area contributed by atoms with Crippen LogP contribution in [0.15, 0.2) is 12.1 Å². The zero-order chi connectivity index (χ0) is 11.9. The molecular weight excluding hydrogens is 221 g/mol. The molecule has 3 nitrogen and oxygen atoms in total. The highest BCUT2D eigenvalue weighted by Crippen LogP contribution is 2.19. The summed E-state index contributed by atoms with van der Waals surface area (Å²) in [6.07, 6.45) is 0.637. The van der Waals surface area contributed by atoms with Gasteiger partial charge in [0.2, 0.25) is 0 Å². The molecule has 0 radical (unpaired) electrons. The molecule has 1 aliphatic rings. The molecule has 1 aromatic carbocycles. The fourth-order valence-electron chi connectivity index (χ4n) is 1.32. The van der Waals surface area contributed by atoms with Crippen LogP contribution in [0.2, 0.25) is 0 Å². The largest absolute Gasteiger partial charge is 0.348 e. The fraction of sp³-hybridized carbons (Fsp3) is 0.300. The summed E-state index contributed by atoms with van der Waals surface area (Å²) in [7, 11) is 0. The first-order valence-electron chi connectivity index (χ1n) is 4.70. The predicted octanol–water partition coefficient (Wildman–Crippen LogP) is 0.933. The van der Waals surface area contributed by atoms with Crippen molar-refractivity contribution in [1.82, 2.24) is 5.32 Å². The summed E-state index contributed by atoms with van der Waals surface area (Å²) in [5, 5.41) is 2.47. The van der Waals surface area contributed by atoms with Crippen molar-refractivity contribution in [1.29, 1.82) is 0 Å². The van der Waals surface area contributed by atoms with Gasteiger partial charge in [0.25, 0.3) is 5.91 Å². The highest BCUT2D eigenvalue weighted by molar-refractivity contribution is 5.94. The van der Waals surface area contributed by atoms with E-state index in [9.17, 15) is 18.0 Å². The number of amides is 1. The van der Waals surface area contributed by atoms with Crippen LogP contribution in [0.5, 0.6) is 0 Å². The van der Waals surface area contributed by atoms with Gasteiger partial charge >= 0.3 is 0 Å². The van der Waals surface area contributed by atoms with Crippen molar-refractivity contribution in [2.45, 2.75) is 18.5 Å². The lowest BCUT2D eigenvalue weighted by Crippen LogP contribution is -2.29. The second-order valence-electron chi connectivity index (χ2n) is 3.73. The van der Waals surface area contributed by atoms with Gasteiger partial charge in [0.1, 0.15) is 0 Å². The van der Waals surface area contributed by atoms with Gasteiger partial charge in [-0.2, -0.15) is 0 Å². The van der Waals surface area contributed by atoms with Crippen molar-refractivity contribution < 1.29 is 18.0 Å². The second kappa shape index (κ2) is 3.79. The minimum atomic E-state index is -1.58. The molecule has 1 fully saturated rings. The Hall–Kier alpha value is -1.56. The number of halogens is 3.